The monoisotopic (exact) mass is 266 g/mol. The maximum atomic E-state index is 4.43. The maximum absolute atomic E-state index is 4.43. The smallest absolute Gasteiger partial charge is 0.0705 e. The average Bonchev–Trinajstić information content (AvgIpc) is 2.91. The fraction of sp³-hybridized carbons (Fsp3) is 0.250. The summed E-state index contributed by atoms with van der Waals surface area (Å²) in [4.78, 5) is 4.43. The van der Waals surface area contributed by atoms with Gasteiger partial charge in [0.15, 0.2) is 0 Å². The summed E-state index contributed by atoms with van der Waals surface area (Å²) in [6.07, 6.45) is 5.81. The number of aryl methyl sites for hydroxylation is 1. The quantitative estimate of drug-likeness (QED) is 0.789. The van der Waals surface area contributed by atoms with E-state index in [2.05, 4.69) is 46.7 Å². The van der Waals surface area contributed by atoms with Crippen molar-refractivity contribution in [1.29, 1.82) is 0 Å². The Kier molecular flexibility index (Phi) is 3.48. The molecule has 0 amide bonds. The number of benzene rings is 1. The van der Waals surface area contributed by atoms with Gasteiger partial charge in [-0.3, -0.25) is 9.67 Å². The molecule has 0 bridgehead atoms. The second kappa shape index (κ2) is 5.43. The lowest BCUT2D eigenvalue weighted by Crippen LogP contribution is -2.21. The molecule has 3 rings (SSSR count). The van der Waals surface area contributed by atoms with Gasteiger partial charge in [-0.2, -0.15) is 5.10 Å². The Balaban J connectivity index is 2.14. The minimum atomic E-state index is 0.140. The topological polar surface area (TPSA) is 42.7 Å². The van der Waals surface area contributed by atoms with Gasteiger partial charge in [0.25, 0.3) is 0 Å². The Hall–Kier alpha value is -2.20. The summed E-state index contributed by atoms with van der Waals surface area (Å²) in [6, 6.07) is 10.5. The second-order valence-corrected chi connectivity index (χ2v) is 4.86. The molecule has 0 saturated carbocycles. The fourth-order valence-electron chi connectivity index (χ4n) is 2.58. The molecule has 4 heteroatoms. The minimum absolute atomic E-state index is 0.140. The third kappa shape index (κ3) is 2.30. The van der Waals surface area contributed by atoms with Crippen LogP contribution in [-0.2, 0) is 7.05 Å². The highest BCUT2D eigenvalue weighted by atomic mass is 15.2. The van der Waals surface area contributed by atoms with Crippen LogP contribution in [0, 0.1) is 0 Å². The molecule has 2 aromatic heterocycles. The fourth-order valence-corrected chi connectivity index (χ4v) is 2.58. The van der Waals surface area contributed by atoms with Gasteiger partial charge in [-0.15, -0.1) is 0 Å². The predicted molar refractivity (Wildman–Crippen MR) is 80.5 cm³/mol. The van der Waals surface area contributed by atoms with Crippen molar-refractivity contribution < 1.29 is 0 Å². The summed E-state index contributed by atoms with van der Waals surface area (Å²) < 4.78 is 1.84. The van der Waals surface area contributed by atoms with Gasteiger partial charge < -0.3 is 5.32 Å². The summed E-state index contributed by atoms with van der Waals surface area (Å²) >= 11 is 0. The molecule has 0 aliphatic heterocycles. The van der Waals surface area contributed by atoms with Gasteiger partial charge >= 0.3 is 0 Å². The van der Waals surface area contributed by atoms with Crippen LogP contribution in [0.4, 0.5) is 0 Å². The Morgan fingerprint density at radius 3 is 2.90 bits per heavy atom. The van der Waals surface area contributed by atoms with Crippen molar-refractivity contribution >= 4 is 10.9 Å². The molecule has 1 N–H and O–H groups in total. The van der Waals surface area contributed by atoms with E-state index in [0.717, 1.165) is 12.1 Å². The Labute approximate surface area is 118 Å². The largest absolute Gasteiger partial charge is 0.306 e. The van der Waals surface area contributed by atoms with E-state index in [0.29, 0.717) is 0 Å². The number of nitrogens with one attached hydrogen (secondary N) is 1. The van der Waals surface area contributed by atoms with Crippen LogP contribution in [0.25, 0.3) is 10.9 Å². The van der Waals surface area contributed by atoms with Crippen molar-refractivity contribution in [2.45, 2.75) is 13.0 Å². The van der Waals surface area contributed by atoms with Crippen LogP contribution in [0.2, 0.25) is 0 Å². The highest BCUT2D eigenvalue weighted by molar-refractivity contribution is 5.82. The van der Waals surface area contributed by atoms with Crippen molar-refractivity contribution in [2.75, 3.05) is 6.54 Å². The molecular weight excluding hydrogens is 248 g/mol. The van der Waals surface area contributed by atoms with E-state index in [1.807, 2.05) is 36.3 Å². The normalized spacial score (nSPS) is 12.7. The van der Waals surface area contributed by atoms with E-state index in [1.54, 1.807) is 0 Å². The molecule has 1 unspecified atom stereocenters. The SMILES string of the molecule is CCNC(c1cnn(C)c1)c1cccc2ncccc12. The lowest BCUT2D eigenvalue weighted by Gasteiger charge is -2.18. The van der Waals surface area contributed by atoms with Gasteiger partial charge in [0, 0.05) is 30.4 Å². The van der Waals surface area contributed by atoms with Crippen molar-refractivity contribution in [2.24, 2.45) is 7.05 Å². The predicted octanol–water partition coefficient (Wildman–Crippen LogP) is 2.67. The number of nitrogens with zero attached hydrogens (tertiary/aromatic N) is 3. The molecule has 0 fully saturated rings. The zero-order valence-corrected chi connectivity index (χ0v) is 11.7. The third-order valence-corrected chi connectivity index (χ3v) is 3.46. The highest BCUT2D eigenvalue weighted by Gasteiger charge is 2.17. The van der Waals surface area contributed by atoms with Gasteiger partial charge in [-0.1, -0.05) is 25.1 Å². The van der Waals surface area contributed by atoms with Crippen LogP contribution in [0.5, 0.6) is 0 Å². The van der Waals surface area contributed by atoms with Crippen LogP contribution in [-0.4, -0.2) is 21.3 Å². The van der Waals surface area contributed by atoms with E-state index < -0.39 is 0 Å². The third-order valence-electron chi connectivity index (χ3n) is 3.46. The minimum Gasteiger partial charge on any atom is -0.306 e. The molecule has 1 atom stereocenters. The lowest BCUT2D eigenvalue weighted by molar-refractivity contribution is 0.633. The molecule has 20 heavy (non-hydrogen) atoms. The molecule has 3 aromatic rings. The van der Waals surface area contributed by atoms with Crippen molar-refractivity contribution in [3.8, 4) is 0 Å². The van der Waals surface area contributed by atoms with Gasteiger partial charge in [-0.25, -0.2) is 0 Å². The van der Waals surface area contributed by atoms with Crippen LogP contribution in [0.15, 0.2) is 48.9 Å². The zero-order chi connectivity index (χ0) is 13.9. The molecule has 1 aromatic carbocycles. The second-order valence-electron chi connectivity index (χ2n) is 4.86. The Morgan fingerprint density at radius 1 is 1.25 bits per heavy atom. The Bertz CT molecular complexity index is 712. The first-order valence-electron chi connectivity index (χ1n) is 6.85. The van der Waals surface area contributed by atoms with E-state index >= 15 is 0 Å². The first kappa shape index (κ1) is 12.8. The van der Waals surface area contributed by atoms with Crippen LogP contribution in [0.1, 0.15) is 24.1 Å². The number of rotatable bonds is 4. The number of hydrogen-bond acceptors (Lipinski definition) is 3. The van der Waals surface area contributed by atoms with E-state index in [1.165, 1.54) is 16.5 Å². The molecule has 102 valence electrons. The summed E-state index contributed by atoms with van der Waals surface area (Å²) in [5.41, 5.74) is 3.44. The average molecular weight is 266 g/mol. The first-order valence-corrected chi connectivity index (χ1v) is 6.85. The molecule has 4 nitrogen and oxygen atoms in total. The van der Waals surface area contributed by atoms with Crippen LogP contribution >= 0.6 is 0 Å². The summed E-state index contributed by atoms with van der Waals surface area (Å²) in [5.74, 6) is 0. The van der Waals surface area contributed by atoms with E-state index in [-0.39, 0.29) is 6.04 Å². The van der Waals surface area contributed by atoms with Gasteiger partial charge in [-0.05, 0) is 24.2 Å². The molecule has 0 radical (unpaired) electrons. The van der Waals surface area contributed by atoms with Gasteiger partial charge in [0.1, 0.15) is 0 Å². The summed E-state index contributed by atoms with van der Waals surface area (Å²) in [7, 11) is 1.94. The molecule has 0 aliphatic carbocycles. The lowest BCUT2D eigenvalue weighted by atomic mass is 9.97. The van der Waals surface area contributed by atoms with Crippen molar-refractivity contribution in [1.82, 2.24) is 20.1 Å². The molecule has 0 spiro atoms. The number of aromatic nitrogens is 3. The summed E-state index contributed by atoms with van der Waals surface area (Å²) in [6.45, 7) is 3.02. The Morgan fingerprint density at radius 2 is 2.15 bits per heavy atom. The maximum Gasteiger partial charge on any atom is 0.0705 e. The van der Waals surface area contributed by atoms with E-state index in [4.69, 9.17) is 0 Å². The van der Waals surface area contributed by atoms with Crippen LogP contribution < -0.4 is 5.32 Å². The van der Waals surface area contributed by atoms with Gasteiger partial charge in [0.2, 0.25) is 0 Å². The standard InChI is InChI=1S/C16H18N4/c1-3-17-16(12-10-19-20(2)11-12)14-6-4-8-15-13(14)7-5-9-18-15/h4-11,16-17H,3H2,1-2H3. The molecule has 2 heterocycles. The molecular formula is C16H18N4. The summed E-state index contributed by atoms with van der Waals surface area (Å²) in [5, 5.41) is 9.01. The zero-order valence-electron chi connectivity index (χ0n) is 11.7. The number of hydrogen-bond donors (Lipinski definition) is 1. The van der Waals surface area contributed by atoms with E-state index in [9.17, 15) is 0 Å². The van der Waals surface area contributed by atoms with Crippen molar-refractivity contribution in [3.05, 3.63) is 60.0 Å². The number of pyridine rings is 1. The van der Waals surface area contributed by atoms with Crippen LogP contribution in [0.3, 0.4) is 0 Å². The highest BCUT2D eigenvalue weighted by Crippen LogP contribution is 2.27. The van der Waals surface area contributed by atoms with Gasteiger partial charge in [0.05, 0.1) is 17.8 Å². The molecule has 0 saturated heterocycles. The first-order chi connectivity index (χ1) is 9.79. The van der Waals surface area contributed by atoms with Crippen molar-refractivity contribution in [3.63, 3.8) is 0 Å². The molecule has 0 aliphatic rings. The number of fused-ring (bicyclic) bond motifs is 1.